The summed E-state index contributed by atoms with van der Waals surface area (Å²) in [4.78, 5) is 0. The molecule has 0 saturated heterocycles. The first-order valence-electron chi connectivity index (χ1n) is 9.15. The van der Waals surface area contributed by atoms with Gasteiger partial charge in [-0.05, 0) is 54.4 Å². The Bertz CT molecular complexity index is 970. The Morgan fingerprint density at radius 1 is 0.962 bits per heavy atom. The predicted octanol–water partition coefficient (Wildman–Crippen LogP) is 6.44. The molecule has 0 spiro atoms. The minimum Gasteiger partial charge on any atom is -0.461 e. The maximum absolute atomic E-state index is 5.98. The van der Waals surface area contributed by atoms with Gasteiger partial charge in [0.15, 0.2) is 0 Å². The molecule has 0 amide bonds. The number of hydrogen-bond acceptors (Lipinski definition) is 3. The first-order valence-corrected chi connectivity index (χ1v) is 10.0. The molecule has 0 aliphatic heterocycles. The van der Waals surface area contributed by atoms with Crippen LogP contribution in [0.5, 0.6) is 0 Å². The molecule has 0 saturated carbocycles. The molecule has 0 bridgehead atoms. The number of thiophene rings is 1. The summed E-state index contributed by atoms with van der Waals surface area (Å²) in [7, 11) is 0. The van der Waals surface area contributed by atoms with E-state index in [4.69, 9.17) is 4.42 Å². The number of hydrogen-bond donors (Lipinski definition) is 1. The molecule has 3 heteroatoms. The molecule has 0 aliphatic carbocycles. The Morgan fingerprint density at radius 2 is 1.77 bits per heavy atom. The summed E-state index contributed by atoms with van der Waals surface area (Å²) in [5.74, 6) is 2.01. The van der Waals surface area contributed by atoms with E-state index in [9.17, 15) is 0 Å². The number of fused-ring (bicyclic) bond motifs is 1. The van der Waals surface area contributed by atoms with Crippen molar-refractivity contribution >= 4 is 21.4 Å². The van der Waals surface area contributed by atoms with Crippen LogP contribution in [-0.4, -0.2) is 6.54 Å². The second-order valence-electron chi connectivity index (χ2n) is 6.60. The van der Waals surface area contributed by atoms with Crippen molar-refractivity contribution in [3.8, 4) is 11.3 Å². The Hall–Kier alpha value is -2.36. The van der Waals surface area contributed by atoms with Crippen LogP contribution in [-0.2, 0) is 6.42 Å². The van der Waals surface area contributed by atoms with Crippen molar-refractivity contribution in [1.82, 2.24) is 5.32 Å². The molecule has 2 aromatic carbocycles. The SMILES string of the molecule is CC(NCCCc1ccc(-c2ccccc2)o1)c1csc2ccccc12. The minimum atomic E-state index is 0.364. The van der Waals surface area contributed by atoms with Gasteiger partial charge in [-0.1, -0.05) is 48.5 Å². The molecule has 4 aromatic rings. The molecule has 1 N–H and O–H groups in total. The van der Waals surface area contributed by atoms with Gasteiger partial charge in [0.25, 0.3) is 0 Å². The van der Waals surface area contributed by atoms with Crippen molar-refractivity contribution in [2.45, 2.75) is 25.8 Å². The first kappa shape index (κ1) is 17.1. The van der Waals surface area contributed by atoms with Crippen LogP contribution in [0.25, 0.3) is 21.4 Å². The maximum Gasteiger partial charge on any atom is 0.134 e. The summed E-state index contributed by atoms with van der Waals surface area (Å²) < 4.78 is 7.34. The van der Waals surface area contributed by atoms with Crippen LogP contribution in [0, 0.1) is 0 Å². The molecular formula is C23H23NOS. The van der Waals surface area contributed by atoms with Crippen LogP contribution in [0.15, 0.2) is 76.5 Å². The Balaban J connectivity index is 1.29. The third-order valence-electron chi connectivity index (χ3n) is 4.75. The number of nitrogens with one attached hydrogen (secondary N) is 1. The van der Waals surface area contributed by atoms with Crippen LogP contribution in [0.1, 0.15) is 30.7 Å². The lowest BCUT2D eigenvalue weighted by atomic mass is 10.1. The van der Waals surface area contributed by atoms with Crippen LogP contribution < -0.4 is 5.32 Å². The van der Waals surface area contributed by atoms with Gasteiger partial charge in [0.1, 0.15) is 11.5 Å². The summed E-state index contributed by atoms with van der Waals surface area (Å²) in [5.41, 5.74) is 2.53. The van der Waals surface area contributed by atoms with E-state index in [0.717, 1.165) is 36.5 Å². The number of rotatable bonds is 7. The summed E-state index contributed by atoms with van der Waals surface area (Å²) in [6.07, 6.45) is 2.02. The van der Waals surface area contributed by atoms with E-state index in [1.54, 1.807) is 0 Å². The van der Waals surface area contributed by atoms with Gasteiger partial charge in [-0.3, -0.25) is 0 Å². The molecule has 4 rings (SSSR count). The average Bonchev–Trinajstić information content (AvgIpc) is 3.33. The highest BCUT2D eigenvalue weighted by Crippen LogP contribution is 2.30. The molecule has 2 heterocycles. The average molecular weight is 362 g/mol. The van der Waals surface area contributed by atoms with Gasteiger partial charge in [-0.2, -0.15) is 0 Å². The van der Waals surface area contributed by atoms with E-state index in [-0.39, 0.29) is 0 Å². The topological polar surface area (TPSA) is 25.2 Å². The minimum absolute atomic E-state index is 0.364. The van der Waals surface area contributed by atoms with Crippen molar-refractivity contribution in [1.29, 1.82) is 0 Å². The molecular weight excluding hydrogens is 338 g/mol. The third kappa shape index (κ3) is 3.74. The van der Waals surface area contributed by atoms with E-state index < -0.39 is 0 Å². The van der Waals surface area contributed by atoms with Gasteiger partial charge in [0.05, 0.1) is 0 Å². The van der Waals surface area contributed by atoms with E-state index in [0.29, 0.717) is 6.04 Å². The zero-order chi connectivity index (χ0) is 17.8. The second kappa shape index (κ2) is 7.90. The van der Waals surface area contributed by atoms with E-state index in [1.165, 1.54) is 15.6 Å². The quantitative estimate of drug-likeness (QED) is 0.383. The van der Waals surface area contributed by atoms with Crippen LogP contribution >= 0.6 is 11.3 Å². The maximum atomic E-state index is 5.98. The van der Waals surface area contributed by atoms with Gasteiger partial charge in [0.2, 0.25) is 0 Å². The largest absolute Gasteiger partial charge is 0.461 e. The summed E-state index contributed by atoms with van der Waals surface area (Å²) in [6, 6.07) is 23.4. The van der Waals surface area contributed by atoms with Gasteiger partial charge in [0, 0.05) is 22.7 Å². The Morgan fingerprint density at radius 3 is 2.65 bits per heavy atom. The van der Waals surface area contributed by atoms with Crippen LogP contribution in [0.3, 0.4) is 0 Å². The summed E-state index contributed by atoms with van der Waals surface area (Å²) in [6.45, 7) is 3.22. The van der Waals surface area contributed by atoms with E-state index in [1.807, 2.05) is 29.5 Å². The fourth-order valence-electron chi connectivity index (χ4n) is 3.29. The molecule has 0 aliphatic rings. The van der Waals surface area contributed by atoms with Gasteiger partial charge in [-0.25, -0.2) is 0 Å². The van der Waals surface area contributed by atoms with E-state index >= 15 is 0 Å². The fraction of sp³-hybridized carbons (Fsp3) is 0.217. The molecule has 2 aromatic heterocycles. The normalized spacial score (nSPS) is 12.5. The van der Waals surface area contributed by atoms with E-state index in [2.05, 4.69) is 66.2 Å². The zero-order valence-electron chi connectivity index (χ0n) is 14.9. The highest BCUT2D eigenvalue weighted by atomic mass is 32.1. The molecule has 0 fully saturated rings. The standard InChI is InChI=1S/C23H23NOS/c1-17(21-16-26-23-12-6-5-11-20(21)23)24-15-7-10-19-13-14-22(25-19)18-8-3-2-4-9-18/h2-6,8-9,11-14,16-17,24H,7,10,15H2,1H3. The van der Waals surface area contributed by atoms with Crippen LogP contribution in [0.4, 0.5) is 0 Å². The fourth-order valence-corrected chi connectivity index (χ4v) is 4.35. The number of aryl methyl sites for hydroxylation is 1. The smallest absolute Gasteiger partial charge is 0.134 e. The second-order valence-corrected chi connectivity index (χ2v) is 7.51. The third-order valence-corrected chi connectivity index (χ3v) is 5.73. The highest BCUT2D eigenvalue weighted by Gasteiger charge is 2.10. The first-order chi connectivity index (χ1) is 12.8. The Labute approximate surface area is 158 Å². The van der Waals surface area contributed by atoms with Crippen molar-refractivity contribution in [3.05, 3.63) is 83.4 Å². The van der Waals surface area contributed by atoms with Gasteiger partial charge in [-0.15, -0.1) is 11.3 Å². The lowest BCUT2D eigenvalue weighted by molar-refractivity contribution is 0.496. The van der Waals surface area contributed by atoms with Gasteiger partial charge >= 0.3 is 0 Å². The van der Waals surface area contributed by atoms with Crippen molar-refractivity contribution in [3.63, 3.8) is 0 Å². The monoisotopic (exact) mass is 361 g/mol. The predicted molar refractivity (Wildman–Crippen MR) is 111 cm³/mol. The van der Waals surface area contributed by atoms with Gasteiger partial charge < -0.3 is 9.73 Å². The molecule has 26 heavy (non-hydrogen) atoms. The molecule has 1 atom stereocenters. The lowest BCUT2D eigenvalue weighted by Crippen LogP contribution is -2.20. The molecule has 1 unspecified atom stereocenters. The molecule has 0 radical (unpaired) electrons. The van der Waals surface area contributed by atoms with Crippen molar-refractivity contribution in [2.24, 2.45) is 0 Å². The summed E-state index contributed by atoms with van der Waals surface area (Å²) in [5, 5.41) is 7.30. The molecule has 2 nitrogen and oxygen atoms in total. The number of benzene rings is 2. The lowest BCUT2D eigenvalue weighted by Gasteiger charge is -2.13. The molecule has 132 valence electrons. The summed E-state index contributed by atoms with van der Waals surface area (Å²) >= 11 is 1.82. The zero-order valence-corrected chi connectivity index (χ0v) is 15.8. The number of furan rings is 1. The van der Waals surface area contributed by atoms with Crippen molar-refractivity contribution < 1.29 is 4.42 Å². The van der Waals surface area contributed by atoms with Crippen LogP contribution in [0.2, 0.25) is 0 Å². The van der Waals surface area contributed by atoms with Crippen molar-refractivity contribution in [2.75, 3.05) is 6.54 Å². The highest BCUT2D eigenvalue weighted by molar-refractivity contribution is 7.17. The Kier molecular flexibility index (Phi) is 5.19.